The second kappa shape index (κ2) is 9.67. The van der Waals surface area contributed by atoms with E-state index in [4.69, 9.17) is 4.74 Å². The molecule has 1 atom stereocenters. The molecule has 17 heavy (non-hydrogen) atoms. The van der Waals surface area contributed by atoms with Crippen molar-refractivity contribution in [2.24, 2.45) is 5.92 Å². The molecule has 0 fully saturated rings. The van der Waals surface area contributed by atoms with Crippen LogP contribution in [0.1, 0.15) is 31.7 Å². The van der Waals surface area contributed by atoms with E-state index in [0.29, 0.717) is 5.92 Å². The molecular weight excluding hydrogens is 276 g/mol. The highest BCUT2D eigenvalue weighted by atomic mass is 79.9. The lowest BCUT2D eigenvalue weighted by molar-refractivity contribution is 0.120. The first kappa shape index (κ1) is 14.7. The van der Waals surface area contributed by atoms with Crippen molar-refractivity contribution in [3.05, 3.63) is 35.9 Å². The van der Waals surface area contributed by atoms with Gasteiger partial charge in [0.25, 0.3) is 0 Å². The van der Waals surface area contributed by atoms with Gasteiger partial charge in [0.15, 0.2) is 0 Å². The van der Waals surface area contributed by atoms with Crippen LogP contribution in [0, 0.1) is 5.92 Å². The van der Waals surface area contributed by atoms with E-state index in [1.807, 2.05) is 0 Å². The summed E-state index contributed by atoms with van der Waals surface area (Å²) in [5.41, 5.74) is 1.42. The predicted octanol–water partition coefficient (Wildman–Crippen LogP) is 4.45. The molecule has 0 aliphatic heterocycles. The Morgan fingerprint density at radius 3 is 2.59 bits per heavy atom. The zero-order valence-electron chi connectivity index (χ0n) is 10.7. The van der Waals surface area contributed by atoms with Crippen molar-refractivity contribution in [2.75, 3.05) is 18.5 Å². The maximum absolute atomic E-state index is 5.62. The fourth-order valence-corrected chi connectivity index (χ4v) is 2.33. The molecule has 1 aromatic rings. The first-order valence-corrected chi connectivity index (χ1v) is 7.66. The normalized spacial score (nSPS) is 12.6. The Labute approximate surface area is 114 Å². The van der Waals surface area contributed by atoms with Gasteiger partial charge in [-0.2, -0.15) is 0 Å². The van der Waals surface area contributed by atoms with Crippen LogP contribution in [0.15, 0.2) is 30.3 Å². The molecule has 0 amide bonds. The van der Waals surface area contributed by atoms with Crippen LogP contribution < -0.4 is 0 Å². The minimum Gasteiger partial charge on any atom is -0.381 e. The molecule has 0 bridgehead atoms. The zero-order chi connectivity index (χ0) is 12.3. The number of alkyl halides is 1. The molecule has 1 aromatic carbocycles. The fourth-order valence-electron chi connectivity index (χ4n) is 1.78. The van der Waals surface area contributed by atoms with Crippen LogP contribution in [0.3, 0.4) is 0 Å². The summed E-state index contributed by atoms with van der Waals surface area (Å²) in [6.45, 7) is 4.00. The van der Waals surface area contributed by atoms with Gasteiger partial charge < -0.3 is 4.74 Å². The number of halogens is 1. The van der Waals surface area contributed by atoms with E-state index in [9.17, 15) is 0 Å². The number of hydrogen-bond acceptors (Lipinski definition) is 1. The lowest BCUT2D eigenvalue weighted by Crippen LogP contribution is -2.10. The first-order valence-electron chi connectivity index (χ1n) is 6.54. The molecule has 0 heterocycles. The molecule has 1 unspecified atom stereocenters. The quantitative estimate of drug-likeness (QED) is 0.483. The third-order valence-corrected chi connectivity index (χ3v) is 3.81. The second-order valence-corrected chi connectivity index (χ2v) is 5.11. The van der Waals surface area contributed by atoms with Crippen LogP contribution >= 0.6 is 15.9 Å². The van der Waals surface area contributed by atoms with E-state index >= 15 is 0 Å². The number of ether oxygens (including phenoxy) is 1. The van der Waals surface area contributed by atoms with Gasteiger partial charge in [-0.3, -0.25) is 0 Å². The summed E-state index contributed by atoms with van der Waals surface area (Å²) in [5.74, 6) is 0.680. The Morgan fingerprint density at radius 1 is 1.18 bits per heavy atom. The molecule has 0 saturated carbocycles. The van der Waals surface area contributed by atoms with Crippen molar-refractivity contribution in [1.29, 1.82) is 0 Å². The molecule has 0 saturated heterocycles. The predicted molar refractivity (Wildman–Crippen MR) is 77.8 cm³/mol. The van der Waals surface area contributed by atoms with Crippen LogP contribution in [0.2, 0.25) is 0 Å². The maximum atomic E-state index is 5.62. The van der Waals surface area contributed by atoms with Crippen LogP contribution in [0.4, 0.5) is 0 Å². The molecule has 2 heteroatoms. The highest BCUT2D eigenvalue weighted by Crippen LogP contribution is 2.15. The van der Waals surface area contributed by atoms with Gasteiger partial charge >= 0.3 is 0 Å². The molecule has 0 aromatic heterocycles. The molecule has 0 aliphatic rings. The third kappa shape index (κ3) is 6.85. The average molecular weight is 299 g/mol. The topological polar surface area (TPSA) is 9.23 Å². The van der Waals surface area contributed by atoms with Crippen LogP contribution in [0.5, 0.6) is 0 Å². The van der Waals surface area contributed by atoms with Crippen LogP contribution in [0.25, 0.3) is 0 Å². The molecule has 0 spiro atoms. The Hall–Kier alpha value is -0.340. The molecule has 1 nitrogen and oxygen atoms in total. The van der Waals surface area contributed by atoms with E-state index < -0.39 is 0 Å². The van der Waals surface area contributed by atoms with Crippen LogP contribution in [-0.4, -0.2) is 18.5 Å². The van der Waals surface area contributed by atoms with E-state index in [1.165, 1.54) is 18.4 Å². The molecule has 0 radical (unpaired) electrons. The third-order valence-electron chi connectivity index (χ3n) is 2.90. The van der Waals surface area contributed by atoms with Gasteiger partial charge in [0, 0.05) is 18.5 Å². The largest absolute Gasteiger partial charge is 0.381 e. The van der Waals surface area contributed by atoms with Crippen LogP contribution in [-0.2, 0) is 11.2 Å². The van der Waals surface area contributed by atoms with E-state index in [0.717, 1.165) is 31.4 Å². The molecule has 1 rings (SSSR count). The standard InChI is InChI=1S/C15H23BrO/c1-2-3-10-17-11-9-15(13-16)12-14-7-5-4-6-8-14/h4-8,15H,2-3,9-13H2,1H3. The second-order valence-electron chi connectivity index (χ2n) is 4.46. The summed E-state index contributed by atoms with van der Waals surface area (Å²) in [4.78, 5) is 0. The minimum absolute atomic E-state index is 0.680. The highest BCUT2D eigenvalue weighted by molar-refractivity contribution is 9.09. The summed E-state index contributed by atoms with van der Waals surface area (Å²) in [6.07, 6.45) is 4.68. The lowest BCUT2D eigenvalue weighted by atomic mass is 9.98. The molecule has 96 valence electrons. The van der Waals surface area contributed by atoms with Crippen molar-refractivity contribution in [1.82, 2.24) is 0 Å². The van der Waals surface area contributed by atoms with Crippen molar-refractivity contribution in [3.63, 3.8) is 0 Å². The Balaban J connectivity index is 2.20. The Bertz CT molecular complexity index is 274. The van der Waals surface area contributed by atoms with Crippen molar-refractivity contribution >= 4 is 15.9 Å². The van der Waals surface area contributed by atoms with Gasteiger partial charge in [0.2, 0.25) is 0 Å². The summed E-state index contributed by atoms with van der Waals surface area (Å²) in [5, 5.41) is 1.05. The van der Waals surface area contributed by atoms with Gasteiger partial charge in [-0.1, -0.05) is 59.6 Å². The summed E-state index contributed by atoms with van der Waals surface area (Å²) in [7, 11) is 0. The SMILES string of the molecule is CCCCOCCC(CBr)Cc1ccccc1. The molecule has 0 N–H and O–H groups in total. The monoisotopic (exact) mass is 298 g/mol. The van der Waals surface area contributed by atoms with Gasteiger partial charge in [-0.05, 0) is 30.7 Å². The van der Waals surface area contributed by atoms with Gasteiger partial charge in [-0.25, -0.2) is 0 Å². The first-order chi connectivity index (χ1) is 8.36. The number of rotatable bonds is 9. The number of hydrogen-bond donors (Lipinski definition) is 0. The van der Waals surface area contributed by atoms with Gasteiger partial charge in [0.1, 0.15) is 0 Å². The fraction of sp³-hybridized carbons (Fsp3) is 0.600. The van der Waals surface area contributed by atoms with E-state index in [1.54, 1.807) is 0 Å². The van der Waals surface area contributed by atoms with Crippen molar-refractivity contribution in [2.45, 2.75) is 32.6 Å². The van der Waals surface area contributed by atoms with Crippen molar-refractivity contribution < 1.29 is 4.74 Å². The number of unbranched alkanes of at least 4 members (excludes halogenated alkanes) is 1. The molecule has 0 aliphatic carbocycles. The summed E-state index contributed by atoms with van der Waals surface area (Å²) < 4.78 is 5.62. The van der Waals surface area contributed by atoms with Gasteiger partial charge in [0.05, 0.1) is 0 Å². The summed E-state index contributed by atoms with van der Waals surface area (Å²) >= 11 is 3.60. The minimum atomic E-state index is 0.680. The molecular formula is C15H23BrO. The lowest BCUT2D eigenvalue weighted by Gasteiger charge is -2.14. The Kier molecular flexibility index (Phi) is 8.37. The van der Waals surface area contributed by atoms with E-state index in [-0.39, 0.29) is 0 Å². The van der Waals surface area contributed by atoms with Crippen molar-refractivity contribution in [3.8, 4) is 0 Å². The summed E-state index contributed by atoms with van der Waals surface area (Å²) in [6, 6.07) is 10.7. The maximum Gasteiger partial charge on any atom is 0.0469 e. The average Bonchev–Trinajstić information content (AvgIpc) is 2.38. The number of benzene rings is 1. The zero-order valence-corrected chi connectivity index (χ0v) is 12.3. The van der Waals surface area contributed by atoms with E-state index in [2.05, 4.69) is 53.2 Å². The highest BCUT2D eigenvalue weighted by Gasteiger charge is 2.07. The van der Waals surface area contributed by atoms with Gasteiger partial charge in [-0.15, -0.1) is 0 Å². The smallest absolute Gasteiger partial charge is 0.0469 e. The Morgan fingerprint density at radius 2 is 1.94 bits per heavy atom.